The Morgan fingerprint density at radius 2 is 1.94 bits per heavy atom. The van der Waals surface area contributed by atoms with E-state index in [2.05, 4.69) is 0 Å². The van der Waals surface area contributed by atoms with Crippen molar-refractivity contribution >= 4 is 5.91 Å². The minimum atomic E-state index is -0.0973. The van der Waals surface area contributed by atoms with Crippen molar-refractivity contribution < 1.29 is 9.90 Å². The van der Waals surface area contributed by atoms with Gasteiger partial charge in [-0.1, -0.05) is 25.1 Å². The lowest BCUT2D eigenvalue weighted by atomic mass is 10.0. The molecule has 0 aromatic heterocycles. The fraction of sp³-hybridized carbons (Fsp3) is 0.533. The van der Waals surface area contributed by atoms with Crippen molar-refractivity contribution in [2.75, 3.05) is 7.05 Å². The fourth-order valence-electron chi connectivity index (χ4n) is 2.36. The molecule has 2 atom stereocenters. The van der Waals surface area contributed by atoms with Crippen LogP contribution in [0.1, 0.15) is 38.3 Å². The third-order valence-corrected chi connectivity index (χ3v) is 4.03. The van der Waals surface area contributed by atoms with Gasteiger partial charge >= 0.3 is 0 Å². The SMILES string of the molecule is CC(C(=O)N(C)C(C)c1ccccc1O)C1CC1. The van der Waals surface area contributed by atoms with Crippen molar-refractivity contribution in [1.29, 1.82) is 0 Å². The molecule has 0 aliphatic heterocycles. The summed E-state index contributed by atoms with van der Waals surface area (Å²) in [6, 6.07) is 7.11. The first kappa shape index (κ1) is 12.9. The van der Waals surface area contributed by atoms with Gasteiger partial charge in [0, 0.05) is 18.5 Å². The van der Waals surface area contributed by atoms with Crippen LogP contribution in [0.4, 0.5) is 0 Å². The molecule has 0 bridgehead atoms. The van der Waals surface area contributed by atoms with Gasteiger partial charge in [-0.3, -0.25) is 4.79 Å². The summed E-state index contributed by atoms with van der Waals surface area (Å²) in [6.07, 6.45) is 2.34. The van der Waals surface area contributed by atoms with Crippen LogP contribution in [0.2, 0.25) is 0 Å². The molecule has 0 heterocycles. The minimum absolute atomic E-state index is 0.0973. The van der Waals surface area contributed by atoms with E-state index in [-0.39, 0.29) is 23.6 Å². The predicted octanol–water partition coefficient (Wildman–Crippen LogP) is 2.96. The number of benzene rings is 1. The van der Waals surface area contributed by atoms with E-state index in [1.54, 1.807) is 17.0 Å². The molecular formula is C15H21NO2. The molecule has 1 saturated carbocycles. The maximum atomic E-state index is 12.3. The fourth-order valence-corrected chi connectivity index (χ4v) is 2.36. The number of para-hydroxylation sites is 1. The molecular weight excluding hydrogens is 226 g/mol. The number of carbonyl (C=O) groups excluding carboxylic acids is 1. The number of carbonyl (C=O) groups is 1. The number of phenols is 1. The van der Waals surface area contributed by atoms with Gasteiger partial charge in [0.2, 0.25) is 5.91 Å². The van der Waals surface area contributed by atoms with E-state index in [1.807, 2.05) is 33.0 Å². The van der Waals surface area contributed by atoms with Crippen LogP contribution in [0.5, 0.6) is 5.75 Å². The quantitative estimate of drug-likeness (QED) is 0.888. The zero-order valence-corrected chi connectivity index (χ0v) is 11.3. The molecule has 1 aromatic carbocycles. The number of nitrogens with zero attached hydrogens (tertiary/aromatic N) is 1. The Morgan fingerprint density at radius 1 is 1.33 bits per heavy atom. The van der Waals surface area contributed by atoms with E-state index in [1.165, 1.54) is 12.8 Å². The van der Waals surface area contributed by atoms with E-state index in [4.69, 9.17) is 0 Å². The molecule has 0 spiro atoms. The maximum absolute atomic E-state index is 12.3. The first-order chi connectivity index (χ1) is 8.52. The highest BCUT2D eigenvalue weighted by atomic mass is 16.3. The number of hydrogen-bond acceptors (Lipinski definition) is 2. The zero-order valence-electron chi connectivity index (χ0n) is 11.3. The standard InChI is InChI=1S/C15H21NO2/c1-10(12-8-9-12)15(18)16(3)11(2)13-6-4-5-7-14(13)17/h4-7,10-12,17H,8-9H2,1-3H3. The van der Waals surface area contributed by atoms with Crippen molar-refractivity contribution in [3.63, 3.8) is 0 Å². The molecule has 2 unspecified atom stereocenters. The van der Waals surface area contributed by atoms with Crippen LogP contribution in [0.3, 0.4) is 0 Å². The number of amides is 1. The number of aromatic hydroxyl groups is 1. The normalized spacial score (nSPS) is 18.2. The van der Waals surface area contributed by atoms with Crippen LogP contribution in [-0.4, -0.2) is 23.0 Å². The molecule has 3 heteroatoms. The molecule has 1 aromatic rings. The summed E-state index contributed by atoms with van der Waals surface area (Å²) in [7, 11) is 1.82. The van der Waals surface area contributed by atoms with Crippen molar-refractivity contribution in [2.24, 2.45) is 11.8 Å². The van der Waals surface area contributed by atoms with Gasteiger partial charge in [-0.05, 0) is 31.7 Å². The van der Waals surface area contributed by atoms with Crippen molar-refractivity contribution in [3.05, 3.63) is 29.8 Å². The molecule has 18 heavy (non-hydrogen) atoms. The predicted molar refractivity (Wildman–Crippen MR) is 71.2 cm³/mol. The van der Waals surface area contributed by atoms with E-state index in [9.17, 15) is 9.90 Å². The monoisotopic (exact) mass is 247 g/mol. The number of hydrogen-bond donors (Lipinski definition) is 1. The Morgan fingerprint density at radius 3 is 2.50 bits per heavy atom. The van der Waals surface area contributed by atoms with Gasteiger partial charge < -0.3 is 10.0 Å². The second-order valence-corrected chi connectivity index (χ2v) is 5.31. The third kappa shape index (κ3) is 2.50. The molecule has 3 nitrogen and oxygen atoms in total. The van der Waals surface area contributed by atoms with Gasteiger partial charge in [-0.15, -0.1) is 0 Å². The first-order valence-electron chi connectivity index (χ1n) is 6.57. The lowest BCUT2D eigenvalue weighted by molar-refractivity contribution is -0.136. The lowest BCUT2D eigenvalue weighted by Crippen LogP contribution is -2.34. The highest BCUT2D eigenvalue weighted by Gasteiger charge is 2.35. The Balaban J connectivity index is 2.10. The summed E-state index contributed by atoms with van der Waals surface area (Å²) in [5.74, 6) is 1.09. The van der Waals surface area contributed by atoms with Gasteiger partial charge in [0.1, 0.15) is 5.75 Å². The maximum Gasteiger partial charge on any atom is 0.225 e. The summed E-state index contributed by atoms with van der Waals surface area (Å²) in [6.45, 7) is 3.96. The van der Waals surface area contributed by atoms with E-state index >= 15 is 0 Å². The molecule has 0 saturated heterocycles. The van der Waals surface area contributed by atoms with Crippen molar-refractivity contribution in [3.8, 4) is 5.75 Å². The van der Waals surface area contributed by atoms with Gasteiger partial charge in [0.25, 0.3) is 0 Å². The molecule has 1 amide bonds. The zero-order chi connectivity index (χ0) is 13.3. The molecule has 1 fully saturated rings. The van der Waals surface area contributed by atoms with E-state index in [0.717, 1.165) is 5.56 Å². The number of rotatable bonds is 4. The van der Waals surface area contributed by atoms with Crippen LogP contribution in [0.15, 0.2) is 24.3 Å². The molecule has 0 radical (unpaired) electrons. The Kier molecular flexibility index (Phi) is 3.60. The summed E-state index contributed by atoms with van der Waals surface area (Å²) in [5, 5.41) is 9.83. The Bertz CT molecular complexity index is 440. The smallest absolute Gasteiger partial charge is 0.225 e. The van der Waals surface area contributed by atoms with Crippen molar-refractivity contribution in [1.82, 2.24) is 4.90 Å². The second-order valence-electron chi connectivity index (χ2n) is 5.31. The summed E-state index contributed by atoms with van der Waals surface area (Å²) in [4.78, 5) is 14.0. The number of phenolic OH excluding ortho intramolecular Hbond substituents is 1. The van der Waals surface area contributed by atoms with Crippen LogP contribution < -0.4 is 0 Å². The third-order valence-electron chi connectivity index (χ3n) is 4.03. The van der Waals surface area contributed by atoms with Crippen LogP contribution in [-0.2, 0) is 4.79 Å². The molecule has 2 rings (SSSR count). The Hall–Kier alpha value is -1.51. The summed E-state index contributed by atoms with van der Waals surface area (Å²) in [5.41, 5.74) is 0.802. The van der Waals surface area contributed by atoms with Crippen LogP contribution >= 0.6 is 0 Å². The molecule has 1 N–H and O–H groups in total. The average Bonchev–Trinajstić information content (AvgIpc) is 3.20. The molecule has 1 aliphatic carbocycles. The van der Waals surface area contributed by atoms with Crippen molar-refractivity contribution in [2.45, 2.75) is 32.7 Å². The van der Waals surface area contributed by atoms with Gasteiger partial charge in [-0.2, -0.15) is 0 Å². The van der Waals surface area contributed by atoms with Crippen LogP contribution in [0.25, 0.3) is 0 Å². The van der Waals surface area contributed by atoms with Gasteiger partial charge in [0.15, 0.2) is 0 Å². The van der Waals surface area contributed by atoms with Crippen LogP contribution in [0, 0.1) is 11.8 Å². The summed E-state index contributed by atoms with van der Waals surface area (Å²) < 4.78 is 0. The van der Waals surface area contributed by atoms with Gasteiger partial charge in [0.05, 0.1) is 6.04 Å². The summed E-state index contributed by atoms with van der Waals surface area (Å²) >= 11 is 0. The Labute approximate surface area is 108 Å². The topological polar surface area (TPSA) is 40.5 Å². The van der Waals surface area contributed by atoms with E-state index in [0.29, 0.717) is 5.92 Å². The lowest BCUT2D eigenvalue weighted by Gasteiger charge is -2.28. The average molecular weight is 247 g/mol. The molecule has 98 valence electrons. The minimum Gasteiger partial charge on any atom is -0.508 e. The highest BCUT2D eigenvalue weighted by Crippen LogP contribution is 2.38. The first-order valence-corrected chi connectivity index (χ1v) is 6.57. The van der Waals surface area contributed by atoms with Gasteiger partial charge in [-0.25, -0.2) is 0 Å². The molecule has 1 aliphatic rings. The van der Waals surface area contributed by atoms with E-state index < -0.39 is 0 Å². The largest absolute Gasteiger partial charge is 0.508 e. The second kappa shape index (κ2) is 5.01. The highest BCUT2D eigenvalue weighted by molar-refractivity contribution is 5.79.